The number of halogens is 5. The zero-order chi connectivity index (χ0) is 13.9. The molecule has 1 aromatic heterocycles. The SMILES string of the molecule is Cc1cc(CC#N)nc(C(F)F)c1OC(F)(F)F. The van der Waals surface area contributed by atoms with Crippen molar-refractivity contribution in [2.45, 2.75) is 26.1 Å². The summed E-state index contributed by atoms with van der Waals surface area (Å²) >= 11 is 0. The third-order valence-electron chi connectivity index (χ3n) is 1.92. The van der Waals surface area contributed by atoms with Crippen LogP contribution in [0.3, 0.4) is 0 Å². The van der Waals surface area contributed by atoms with Crippen molar-refractivity contribution in [2.75, 3.05) is 0 Å². The molecule has 0 spiro atoms. The molecule has 0 saturated carbocycles. The molecular formula is C10H7F5N2O. The Morgan fingerprint density at radius 1 is 1.44 bits per heavy atom. The van der Waals surface area contributed by atoms with Crippen LogP contribution in [0.5, 0.6) is 5.75 Å². The predicted molar refractivity (Wildman–Crippen MR) is 49.9 cm³/mol. The Kier molecular flexibility index (Phi) is 4.06. The summed E-state index contributed by atoms with van der Waals surface area (Å²) in [5, 5.41) is 8.41. The number of nitriles is 1. The first kappa shape index (κ1) is 14.2. The van der Waals surface area contributed by atoms with E-state index in [2.05, 4.69) is 9.72 Å². The molecule has 0 aliphatic rings. The molecule has 98 valence electrons. The number of ether oxygens (including phenoxy) is 1. The van der Waals surface area contributed by atoms with E-state index in [0.29, 0.717) is 0 Å². The standard InChI is InChI=1S/C10H7F5N2O/c1-5-4-6(2-3-16)17-7(9(11)12)8(5)18-10(13,14)15/h4,9H,2H2,1H3. The zero-order valence-electron chi connectivity index (χ0n) is 9.05. The van der Waals surface area contributed by atoms with Crippen molar-refractivity contribution in [2.24, 2.45) is 0 Å². The maximum absolute atomic E-state index is 12.6. The first-order valence-electron chi connectivity index (χ1n) is 4.66. The van der Waals surface area contributed by atoms with Crippen LogP contribution < -0.4 is 4.74 Å². The van der Waals surface area contributed by atoms with Gasteiger partial charge in [0.15, 0.2) is 5.75 Å². The lowest BCUT2D eigenvalue weighted by molar-refractivity contribution is -0.275. The monoisotopic (exact) mass is 266 g/mol. The van der Waals surface area contributed by atoms with Crippen molar-refractivity contribution < 1.29 is 26.7 Å². The largest absolute Gasteiger partial charge is 0.573 e. The summed E-state index contributed by atoms with van der Waals surface area (Å²) in [6.07, 6.45) is -8.57. The van der Waals surface area contributed by atoms with E-state index in [0.717, 1.165) is 6.07 Å². The van der Waals surface area contributed by atoms with Crippen molar-refractivity contribution in [1.82, 2.24) is 4.98 Å². The normalized spacial score (nSPS) is 11.4. The molecule has 3 nitrogen and oxygen atoms in total. The lowest BCUT2D eigenvalue weighted by Gasteiger charge is -2.15. The minimum atomic E-state index is -5.08. The number of rotatable bonds is 3. The molecule has 0 atom stereocenters. The van der Waals surface area contributed by atoms with E-state index < -0.39 is 24.2 Å². The number of aromatic nitrogens is 1. The van der Waals surface area contributed by atoms with Gasteiger partial charge in [-0.15, -0.1) is 13.2 Å². The van der Waals surface area contributed by atoms with E-state index in [-0.39, 0.29) is 17.7 Å². The molecular weight excluding hydrogens is 259 g/mol. The molecule has 0 amide bonds. The Balaban J connectivity index is 3.28. The Hall–Kier alpha value is -1.91. The fourth-order valence-corrected chi connectivity index (χ4v) is 1.32. The average molecular weight is 266 g/mol. The van der Waals surface area contributed by atoms with Gasteiger partial charge in [-0.05, 0) is 18.6 Å². The highest BCUT2D eigenvalue weighted by molar-refractivity contribution is 5.39. The maximum atomic E-state index is 12.6. The molecule has 0 aromatic carbocycles. The van der Waals surface area contributed by atoms with Crippen LogP contribution in [-0.4, -0.2) is 11.3 Å². The summed E-state index contributed by atoms with van der Waals surface area (Å²) in [6.45, 7) is 1.18. The van der Waals surface area contributed by atoms with Gasteiger partial charge in [-0.1, -0.05) is 0 Å². The molecule has 0 fully saturated rings. The summed E-state index contributed by atoms with van der Waals surface area (Å²) < 4.78 is 65.0. The second-order valence-electron chi connectivity index (χ2n) is 3.33. The van der Waals surface area contributed by atoms with Crippen LogP contribution >= 0.6 is 0 Å². The van der Waals surface area contributed by atoms with Gasteiger partial charge >= 0.3 is 6.36 Å². The van der Waals surface area contributed by atoms with E-state index in [4.69, 9.17) is 5.26 Å². The molecule has 0 saturated heterocycles. The van der Waals surface area contributed by atoms with Crippen LogP contribution in [0.25, 0.3) is 0 Å². The first-order chi connectivity index (χ1) is 8.24. The number of hydrogen-bond donors (Lipinski definition) is 0. The maximum Gasteiger partial charge on any atom is 0.573 e. The Labute approximate surface area is 98.8 Å². The molecule has 8 heteroatoms. The fourth-order valence-electron chi connectivity index (χ4n) is 1.32. The summed E-state index contributed by atoms with van der Waals surface area (Å²) in [6, 6.07) is 2.78. The summed E-state index contributed by atoms with van der Waals surface area (Å²) in [7, 11) is 0. The Morgan fingerprint density at radius 3 is 2.50 bits per heavy atom. The summed E-state index contributed by atoms with van der Waals surface area (Å²) in [4.78, 5) is 3.31. The van der Waals surface area contributed by atoms with Gasteiger partial charge in [-0.25, -0.2) is 13.8 Å². The minimum Gasteiger partial charge on any atom is -0.403 e. The highest BCUT2D eigenvalue weighted by atomic mass is 19.4. The van der Waals surface area contributed by atoms with Crippen LogP contribution in [0.4, 0.5) is 22.0 Å². The van der Waals surface area contributed by atoms with Gasteiger partial charge in [0.2, 0.25) is 0 Å². The van der Waals surface area contributed by atoms with Gasteiger partial charge in [-0.3, -0.25) is 0 Å². The lowest BCUT2D eigenvalue weighted by atomic mass is 10.1. The van der Waals surface area contributed by atoms with Gasteiger partial charge < -0.3 is 4.74 Å². The van der Waals surface area contributed by atoms with Crippen molar-refractivity contribution in [3.8, 4) is 11.8 Å². The second-order valence-corrected chi connectivity index (χ2v) is 3.33. The minimum absolute atomic E-state index is 0.0279. The van der Waals surface area contributed by atoms with Crippen molar-refractivity contribution in [1.29, 1.82) is 5.26 Å². The second kappa shape index (κ2) is 5.16. The van der Waals surface area contributed by atoms with Crippen molar-refractivity contribution >= 4 is 0 Å². The molecule has 18 heavy (non-hydrogen) atoms. The fraction of sp³-hybridized carbons (Fsp3) is 0.400. The van der Waals surface area contributed by atoms with E-state index >= 15 is 0 Å². The number of alkyl halides is 5. The van der Waals surface area contributed by atoms with E-state index in [9.17, 15) is 22.0 Å². The molecule has 1 rings (SSSR count). The molecule has 1 aromatic rings. The average Bonchev–Trinajstić information content (AvgIpc) is 2.20. The van der Waals surface area contributed by atoms with Crippen LogP contribution in [0.1, 0.15) is 23.4 Å². The van der Waals surface area contributed by atoms with E-state index in [1.54, 1.807) is 6.07 Å². The first-order valence-corrected chi connectivity index (χ1v) is 4.66. The van der Waals surface area contributed by atoms with Gasteiger partial charge in [0.05, 0.1) is 18.2 Å². The van der Waals surface area contributed by atoms with Crippen LogP contribution in [0.2, 0.25) is 0 Å². The van der Waals surface area contributed by atoms with Crippen molar-refractivity contribution in [3.63, 3.8) is 0 Å². The van der Waals surface area contributed by atoms with Gasteiger partial charge in [0.1, 0.15) is 5.69 Å². The third-order valence-corrected chi connectivity index (χ3v) is 1.92. The summed E-state index contributed by atoms with van der Waals surface area (Å²) in [5.41, 5.74) is -1.29. The van der Waals surface area contributed by atoms with Crippen LogP contribution in [0, 0.1) is 18.3 Å². The molecule has 0 N–H and O–H groups in total. The summed E-state index contributed by atoms with van der Waals surface area (Å²) in [5.74, 6) is -1.01. The smallest absolute Gasteiger partial charge is 0.403 e. The molecule has 0 aliphatic carbocycles. The van der Waals surface area contributed by atoms with Gasteiger partial charge in [0, 0.05) is 0 Å². The van der Waals surface area contributed by atoms with E-state index in [1.807, 2.05) is 0 Å². The molecule has 0 radical (unpaired) electrons. The number of aryl methyl sites for hydroxylation is 1. The molecule has 0 bridgehead atoms. The quantitative estimate of drug-likeness (QED) is 0.788. The number of hydrogen-bond acceptors (Lipinski definition) is 3. The highest BCUT2D eigenvalue weighted by Crippen LogP contribution is 2.34. The predicted octanol–water partition coefficient (Wildman–Crippen LogP) is 3.29. The Morgan fingerprint density at radius 2 is 2.06 bits per heavy atom. The molecule has 1 heterocycles. The number of nitrogens with zero attached hydrogens (tertiary/aromatic N) is 2. The van der Waals surface area contributed by atoms with Gasteiger partial charge in [0.25, 0.3) is 6.43 Å². The Bertz CT molecular complexity index is 478. The lowest BCUT2D eigenvalue weighted by Crippen LogP contribution is -2.19. The topological polar surface area (TPSA) is 45.9 Å². The zero-order valence-corrected chi connectivity index (χ0v) is 9.05. The third kappa shape index (κ3) is 3.55. The van der Waals surface area contributed by atoms with Gasteiger partial charge in [-0.2, -0.15) is 5.26 Å². The van der Waals surface area contributed by atoms with E-state index in [1.165, 1.54) is 6.92 Å². The van der Waals surface area contributed by atoms with Crippen molar-refractivity contribution in [3.05, 3.63) is 23.0 Å². The van der Waals surface area contributed by atoms with Crippen LogP contribution in [0.15, 0.2) is 6.07 Å². The highest BCUT2D eigenvalue weighted by Gasteiger charge is 2.34. The molecule has 0 aliphatic heterocycles. The number of pyridine rings is 1. The van der Waals surface area contributed by atoms with Crippen LogP contribution in [-0.2, 0) is 6.42 Å². The molecule has 0 unspecified atom stereocenters.